The molecule has 110 valence electrons. The minimum absolute atomic E-state index is 0.00967. The molecule has 1 heterocycles. The van der Waals surface area contributed by atoms with Crippen LogP contribution in [-0.2, 0) is 6.18 Å². The smallest absolute Gasteiger partial charge is 0.322 e. The molecule has 0 saturated heterocycles. The van der Waals surface area contributed by atoms with Crippen molar-refractivity contribution in [1.82, 2.24) is 4.98 Å². The normalized spacial score (nSPS) is 11.3. The predicted octanol–water partition coefficient (Wildman–Crippen LogP) is 4.77. The van der Waals surface area contributed by atoms with Gasteiger partial charge >= 0.3 is 6.18 Å². The van der Waals surface area contributed by atoms with Gasteiger partial charge in [0.2, 0.25) is 0 Å². The minimum Gasteiger partial charge on any atom is -0.322 e. The van der Waals surface area contributed by atoms with Gasteiger partial charge in [-0.05, 0) is 30.3 Å². The number of halogens is 5. The van der Waals surface area contributed by atoms with Crippen LogP contribution in [0.2, 0.25) is 5.15 Å². The summed E-state index contributed by atoms with van der Waals surface area (Å²) in [6.07, 6.45) is -3.12. The van der Waals surface area contributed by atoms with Gasteiger partial charge in [-0.1, -0.05) is 27.5 Å². The Hall–Kier alpha value is -1.60. The van der Waals surface area contributed by atoms with E-state index < -0.39 is 17.6 Å². The summed E-state index contributed by atoms with van der Waals surface area (Å²) in [5, 5.41) is 2.33. The molecule has 0 atom stereocenters. The second kappa shape index (κ2) is 6.03. The number of nitrogens with one attached hydrogen (secondary N) is 1. The maximum absolute atomic E-state index is 12.8. The van der Waals surface area contributed by atoms with Gasteiger partial charge in [0.15, 0.2) is 0 Å². The van der Waals surface area contributed by atoms with E-state index >= 15 is 0 Å². The topological polar surface area (TPSA) is 42.0 Å². The molecule has 3 nitrogen and oxygen atoms in total. The lowest BCUT2D eigenvalue weighted by Gasteiger charge is -2.12. The molecule has 2 aromatic rings. The van der Waals surface area contributed by atoms with Crippen LogP contribution in [-0.4, -0.2) is 10.9 Å². The molecule has 21 heavy (non-hydrogen) atoms. The Morgan fingerprint density at radius 2 is 2.00 bits per heavy atom. The summed E-state index contributed by atoms with van der Waals surface area (Å²) >= 11 is 8.58. The second-order valence-electron chi connectivity index (χ2n) is 3.99. The Bertz CT molecular complexity index is 691. The van der Waals surface area contributed by atoms with Crippen molar-refractivity contribution in [3.8, 4) is 0 Å². The van der Waals surface area contributed by atoms with Crippen molar-refractivity contribution in [2.24, 2.45) is 0 Å². The molecule has 0 aliphatic carbocycles. The highest BCUT2D eigenvalue weighted by molar-refractivity contribution is 9.10. The molecule has 1 aromatic heterocycles. The van der Waals surface area contributed by atoms with E-state index in [4.69, 9.17) is 11.6 Å². The van der Waals surface area contributed by atoms with Gasteiger partial charge in [0.25, 0.3) is 5.91 Å². The van der Waals surface area contributed by atoms with Crippen LogP contribution >= 0.6 is 27.5 Å². The Balaban J connectivity index is 2.29. The first-order valence-corrected chi connectivity index (χ1v) is 6.75. The van der Waals surface area contributed by atoms with Gasteiger partial charge in [0.1, 0.15) is 5.15 Å². The summed E-state index contributed by atoms with van der Waals surface area (Å²) in [7, 11) is 0. The van der Waals surface area contributed by atoms with E-state index in [2.05, 4.69) is 26.2 Å². The van der Waals surface area contributed by atoms with Gasteiger partial charge in [-0.3, -0.25) is 4.79 Å². The Morgan fingerprint density at radius 3 is 2.62 bits per heavy atom. The monoisotopic (exact) mass is 378 g/mol. The molecule has 1 aromatic carbocycles. The Kier molecular flexibility index (Phi) is 4.53. The number of anilines is 1. The first-order chi connectivity index (χ1) is 9.79. The van der Waals surface area contributed by atoms with Crippen LogP contribution in [0, 0.1) is 0 Å². The fraction of sp³-hybridized carbons (Fsp3) is 0.0769. The zero-order chi connectivity index (χ0) is 15.6. The lowest BCUT2D eigenvalue weighted by Crippen LogP contribution is -2.14. The van der Waals surface area contributed by atoms with Crippen molar-refractivity contribution in [2.45, 2.75) is 6.18 Å². The number of alkyl halides is 3. The van der Waals surface area contributed by atoms with Crippen molar-refractivity contribution in [3.63, 3.8) is 0 Å². The van der Waals surface area contributed by atoms with E-state index in [0.29, 0.717) is 0 Å². The first kappa shape index (κ1) is 15.8. The van der Waals surface area contributed by atoms with Gasteiger partial charge in [-0.15, -0.1) is 0 Å². The molecule has 0 spiro atoms. The molecule has 0 bridgehead atoms. The van der Waals surface area contributed by atoms with Crippen LogP contribution in [0.25, 0.3) is 0 Å². The van der Waals surface area contributed by atoms with E-state index in [1.54, 1.807) is 0 Å². The van der Waals surface area contributed by atoms with Crippen LogP contribution in [0.15, 0.2) is 41.0 Å². The quantitative estimate of drug-likeness (QED) is 0.764. The summed E-state index contributed by atoms with van der Waals surface area (Å²) in [6.45, 7) is 0. The first-order valence-electron chi connectivity index (χ1n) is 5.57. The van der Waals surface area contributed by atoms with Gasteiger partial charge in [0.05, 0.1) is 11.1 Å². The molecule has 0 fully saturated rings. The number of hydrogen-bond donors (Lipinski definition) is 1. The number of carbonyl (C=O) groups is 1. The van der Waals surface area contributed by atoms with Crippen LogP contribution in [0.4, 0.5) is 18.9 Å². The number of amides is 1. The Morgan fingerprint density at radius 1 is 1.29 bits per heavy atom. The number of benzene rings is 1. The molecule has 1 amide bonds. The van der Waals surface area contributed by atoms with Crippen molar-refractivity contribution in [2.75, 3.05) is 5.32 Å². The lowest BCUT2D eigenvalue weighted by molar-refractivity contribution is -0.138. The standard InChI is InChI=1S/C13H7BrClF3N2O/c14-10-4-3-7(6-9(10)13(16,17)18)20-12(21)8-2-1-5-19-11(8)15/h1-6H,(H,20,21). The number of hydrogen-bond acceptors (Lipinski definition) is 2. The molecular formula is C13H7BrClF3N2O. The summed E-state index contributed by atoms with van der Waals surface area (Å²) in [6, 6.07) is 6.33. The molecule has 1 N–H and O–H groups in total. The zero-order valence-corrected chi connectivity index (χ0v) is 12.6. The van der Waals surface area contributed by atoms with Crippen LogP contribution < -0.4 is 5.32 Å². The molecule has 8 heteroatoms. The highest BCUT2D eigenvalue weighted by atomic mass is 79.9. The Labute approximate surface area is 131 Å². The lowest BCUT2D eigenvalue weighted by atomic mass is 10.2. The van der Waals surface area contributed by atoms with Crippen molar-refractivity contribution in [3.05, 3.63) is 57.3 Å². The van der Waals surface area contributed by atoms with Crippen molar-refractivity contribution >= 4 is 39.1 Å². The fourth-order valence-corrected chi connectivity index (χ4v) is 2.25. The summed E-state index contributed by atoms with van der Waals surface area (Å²) in [4.78, 5) is 15.7. The number of rotatable bonds is 2. The van der Waals surface area contributed by atoms with Crippen molar-refractivity contribution in [1.29, 1.82) is 0 Å². The SMILES string of the molecule is O=C(Nc1ccc(Br)c(C(F)(F)F)c1)c1cccnc1Cl. The third-order valence-corrected chi connectivity index (χ3v) is 3.53. The predicted molar refractivity (Wildman–Crippen MR) is 76.3 cm³/mol. The van der Waals surface area contributed by atoms with Crippen molar-refractivity contribution < 1.29 is 18.0 Å². The molecular weight excluding hydrogens is 373 g/mol. The zero-order valence-electron chi connectivity index (χ0n) is 10.2. The van der Waals surface area contributed by atoms with Gasteiger partial charge in [-0.2, -0.15) is 13.2 Å². The number of pyridine rings is 1. The van der Waals surface area contributed by atoms with E-state index in [1.165, 1.54) is 30.5 Å². The minimum atomic E-state index is -4.52. The fourth-order valence-electron chi connectivity index (χ4n) is 1.57. The second-order valence-corrected chi connectivity index (χ2v) is 5.20. The number of aromatic nitrogens is 1. The number of nitrogens with zero attached hydrogens (tertiary/aromatic N) is 1. The molecule has 2 rings (SSSR count). The van der Waals surface area contributed by atoms with E-state index in [0.717, 1.165) is 6.07 Å². The van der Waals surface area contributed by atoms with Gasteiger partial charge in [-0.25, -0.2) is 4.98 Å². The molecule has 0 radical (unpaired) electrons. The maximum Gasteiger partial charge on any atom is 0.417 e. The molecule has 0 unspecified atom stereocenters. The highest BCUT2D eigenvalue weighted by Crippen LogP contribution is 2.36. The third-order valence-electron chi connectivity index (χ3n) is 2.53. The summed E-state index contributed by atoms with van der Waals surface area (Å²) in [5.41, 5.74) is -0.788. The van der Waals surface area contributed by atoms with E-state index in [-0.39, 0.29) is 20.9 Å². The summed E-state index contributed by atoms with van der Waals surface area (Å²) in [5.74, 6) is -0.636. The summed E-state index contributed by atoms with van der Waals surface area (Å²) < 4.78 is 38.2. The number of carbonyl (C=O) groups excluding carboxylic acids is 1. The molecule has 0 aliphatic heterocycles. The van der Waals surface area contributed by atoms with Crippen LogP contribution in [0.1, 0.15) is 15.9 Å². The maximum atomic E-state index is 12.8. The average molecular weight is 380 g/mol. The highest BCUT2D eigenvalue weighted by Gasteiger charge is 2.33. The van der Waals surface area contributed by atoms with E-state index in [9.17, 15) is 18.0 Å². The average Bonchev–Trinajstić information content (AvgIpc) is 2.40. The van der Waals surface area contributed by atoms with E-state index in [1.807, 2.05) is 0 Å². The third kappa shape index (κ3) is 3.74. The largest absolute Gasteiger partial charge is 0.417 e. The molecule has 0 aliphatic rings. The van der Waals surface area contributed by atoms with Gasteiger partial charge in [0, 0.05) is 16.4 Å². The van der Waals surface area contributed by atoms with Crippen LogP contribution in [0.5, 0.6) is 0 Å². The van der Waals surface area contributed by atoms with Crippen LogP contribution in [0.3, 0.4) is 0 Å². The van der Waals surface area contributed by atoms with Gasteiger partial charge < -0.3 is 5.32 Å². The molecule has 0 saturated carbocycles.